The number of fused-ring (bicyclic) bond motifs is 1. The Hall–Kier alpha value is -3.96. The van der Waals surface area contributed by atoms with Gasteiger partial charge in [-0.2, -0.15) is 0 Å². The fourth-order valence-electron chi connectivity index (χ4n) is 4.92. The molecule has 1 unspecified atom stereocenters. The van der Waals surface area contributed by atoms with E-state index < -0.39 is 16.9 Å². The molecule has 1 heterocycles. The maximum absolute atomic E-state index is 14.2. The van der Waals surface area contributed by atoms with Crippen LogP contribution in [-0.4, -0.2) is 46.0 Å². The van der Waals surface area contributed by atoms with E-state index >= 15 is 0 Å². The second-order valence-electron chi connectivity index (χ2n) is 9.95. The maximum atomic E-state index is 14.2. The summed E-state index contributed by atoms with van der Waals surface area (Å²) in [6, 6.07) is 13.5. The Morgan fingerprint density at radius 3 is 2.51 bits per heavy atom. The van der Waals surface area contributed by atoms with Crippen LogP contribution in [0.15, 0.2) is 63.9 Å². The van der Waals surface area contributed by atoms with Crippen LogP contribution in [-0.2, 0) is 0 Å². The predicted molar refractivity (Wildman–Crippen MR) is 170 cm³/mol. The topological polar surface area (TPSA) is 117 Å². The normalized spacial score (nSPS) is 11.8. The number of hydrogen-bond acceptors (Lipinski definition) is 7. The molecule has 0 fully saturated rings. The van der Waals surface area contributed by atoms with E-state index in [-0.39, 0.29) is 21.8 Å². The Bertz CT molecular complexity index is 1730. The number of methoxy groups -OCH3 is 2. The van der Waals surface area contributed by atoms with Crippen molar-refractivity contribution < 1.29 is 19.2 Å². The van der Waals surface area contributed by atoms with Crippen molar-refractivity contribution >= 4 is 50.0 Å². The predicted octanol–water partition coefficient (Wildman–Crippen LogP) is 7.51. The molecule has 10 nitrogen and oxygen atoms in total. The van der Waals surface area contributed by atoms with Gasteiger partial charge >= 0.3 is 0 Å². The van der Waals surface area contributed by atoms with Crippen LogP contribution in [0.2, 0.25) is 5.02 Å². The van der Waals surface area contributed by atoms with Gasteiger partial charge in [-0.25, -0.2) is 4.98 Å². The summed E-state index contributed by atoms with van der Waals surface area (Å²) < 4.78 is 13.0. The molecule has 4 rings (SSSR count). The van der Waals surface area contributed by atoms with E-state index in [0.717, 1.165) is 19.3 Å². The van der Waals surface area contributed by atoms with Crippen LogP contribution in [0.3, 0.4) is 0 Å². The molecule has 0 aliphatic carbocycles. The Balaban J connectivity index is 1.94. The van der Waals surface area contributed by atoms with Crippen molar-refractivity contribution in [2.24, 2.45) is 0 Å². The number of rotatable bonds is 12. The minimum atomic E-state index is -0.721. The number of amides is 1. The summed E-state index contributed by atoms with van der Waals surface area (Å²) in [6.45, 7) is 4.24. The van der Waals surface area contributed by atoms with Crippen molar-refractivity contribution in [3.05, 3.63) is 95.9 Å². The largest absolute Gasteiger partial charge is 0.497 e. The van der Waals surface area contributed by atoms with Crippen molar-refractivity contribution in [3.8, 4) is 17.2 Å². The van der Waals surface area contributed by atoms with Crippen LogP contribution >= 0.6 is 27.5 Å². The molecule has 0 aliphatic heterocycles. The van der Waals surface area contributed by atoms with Crippen LogP contribution in [0.1, 0.15) is 61.8 Å². The van der Waals surface area contributed by atoms with E-state index in [1.807, 2.05) is 0 Å². The molecule has 4 aromatic rings. The number of benzene rings is 3. The first kappa shape index (κ1) is 32.0. The van der Waals surface area contributed by atoms with E-state index in [0.29, 0.717) is 51.4 Å². The molecule has 1 aromatic heterocycles. The third-order valence-corrected chi connectivity index (χ3v) is 8.35. The number of non-ortho nitro benzene ring substituents is 1. The Morgan fingerprint density at radius 2 is 1.86 bits per heavy atom. The van der Waals surface area contributed by atoms with E-state index in [2.05, 4.69) is 22.9 Å². The van der Waals surface area contributed by atoms with E-state index in [9.17, 15) is 19.7 Å². The summed E-state index contributed by atoms with van der Waals surface area (Å²) in [6.07, 6.45) is 3.58. The van der Waals surface area contributed by atoms with Gasteiger partial charge in [0.25, 0.3) is 17.2 Å². The number of halogens is 2. The number of carbonyl (C=O) groups is 1. The molecule has 226 valence electrons. The molecule has 1 atom stereocenters. The summed E-state index contributed by atoms with van der Waals surface area (Å²) in [5, 5.41) is 11.6. The third kappa shape index (κ3) is 6.67. The molecule has 1 amide bonds. The highest BCUT2D eigenvalue weighted by atomic mass is 79.9. The number of nitro groups is 1. The molecule has 43 heavy (non-hydrogen) atoms. The third-order valence-electron chi connectivity index (χ3n) is 7.24. The van der Waals surface area contributed by atoms with Gasteiger partial charge in [0.15, 0.2) is 0 Å². The molecule has 0 aliphatic rings. The highest BCUT2D eigenvalue weighted by Crippen LogP contribution is 2.37. The Kier molecular flexibility index (Phi) is 10.4. The quantitative estimate of drug-likeness (QED) is 0.0869. The number of carbonyl (C=O) groups excluding carboxylic acids is 1. The Morgan fingerprint density at radius 1 is 1.12 bits per heavy atom. The summed E-state index contributed by atoms with van der Waals surface area (Å²) in [7, 11) is 3.03. The van der Waals surface area contributed by atoms with Crippen molar-refractivity contribution in [2.45, 2.75) is 45.6 Å². The minimum Gasteiger partial charge on any atom is -0.497 e. The van der Waals surface area contributed by atoms with Gasteiger partial charge in [0.2, 0.25) is 0 Å². The highest BCUT2D eigenvalue weighted by molar-refractivity contribution is 9.10. The number of nitro benzene ring substituents is 1. The average Bonchev–Trinajstić information content (AvgIpc) is 3.00. The lowest BCUT2D eigenvalue weighted by Crippen LogP contribution is -2.38. The zero-order valence-electron chi connectivity index (χ0n) is 24.3. The maximum Gasteiger partial charge on any atom is 0.270 e. The summed E-state index contributed by atoms with van der Waals surface area (Å²) in [5.41, 5.74) is 0.464. The van der Waals surface area contributed by atoms with Gasteiger partial charge in [-0.3, -0.25) is 24.3 Å². The number of aromatic nitrogens is 2. The molecule has 3 aromatic carbocycles. The average molecular weight is 672 g/mol. The van der Waals surface area contributed by atoms with Gasteiger partial charge in [-0.15, -0.1) is 0 Å². The molecule has 0 bridgehead atoms. The number of nitrogens with zero attached hydrogens (tertiary/aromatic N) is 4. The van der Waals surface area contributed by atoms with Crippen LogP contribution < -0.4 is 15.0 Å². The van der Waals surface area contributed by atoms with E-state index in [1.165, 1.54) is 37.0 Å². The van der Waals surface area contributed by atoms with Crippen molar-refractivity contribution in [1.82, 2.24) is 14.5 Å². The first-order valence-corrected chi connectivity index (χ1v) is 15.0. The zero-order chi connectivity index (χ0) is 31.3. The first-order valence-electron chi connectivity index (χ1n) is 13.8. The smallest absolute Gasteiger partial charge is 0.270 e. The van der Waals surface area contributed by atoms with Gasteiger partial charge in [-0.05, 0) is 47.5 Å². The van der Waals surface area contributed by atoms with E-state index in [4.69, 9.17) is 26.1 Å². The number of para-hydroxylation sites is 1. The standard InChI is InChI=1S/C31H32BrClN4O6/c1-5-6-7-10-15-35(30(38)22-14-13-20(37(40)41)16-24(22)33)19(2)29-34-25-12-9-8-11-23(25)31(39)36(29)26-17-21(42-3)18-27(43-4)28(26)32/h8-9,11-14,16-19H,5-7,10,15H2,1-4H3. The van der Waals surface area contributed by atoms with Crippen molar-refractivity contribution in [3.63, 3.8) is 0 Å². The van der Waals surface area contributed by atoms with Gasteiger partial charge in [-0.1, -0.05) is 49.9 Å². The van der Waals surface area contributed by atoms with E-state index in [1.54, 1.807) is 48.2 Å². The lowest BCUT2D eigenvalue weighted by molar-refractivity contribution is -0.384. The van der Waals surface area contributed by atoms with Gasteiger partial charge in [0, 0.05) is 30.8 Å². The van der Waals surface area contributed by atoms with Crippen molar-refractivity contribution in [1.29, 1.82) is 0 Å². The first-order chi connectivity index (χ1) is 20.6. The fraction of sp³-hybridized carbons (Fsp3) is 0.323. The highest BCUT2D eigenvalue weighted by Gasteiger charge is 2.30. The number of hydrogen-bond donors (Lipinski definition) is 0. The summed E-state index contributed by atoms with van der Waals surface area (Å²) >= 11 is 10.00. The molecule has 0 saturated heterocycles. The van der Waals surface area contributed by atoms with Crippen LogP contribution in [0.4, 0.5) is 5.69 Å². The van der Waals surface area contributed by atoms with Gasteiger partial charge in [0.05, 0.1) is 56.8 Å². The Labute approximate surface area is 262 Å². The number of unbranched alkanes of at least 4 members (excludes halogenated alkanes) is 3. The van der Waals surface area contributed by atoms with Gasteiger partial charge in [0.1, 0.15) is 17.3 Å². The molecular weight excluding hydrogens is 640 g/mol. The lowest BCUT2D eigenvalue weighted by atomic mass is 10.1. The molecule has 0 saturated carbocycles. The molecule has 0 N–H and O–H groups in total. The number of ether oxygens (including phenoxy) is 2. The van der Waals surface area contributed by atoms with Crippen LogP contribution in [0.5, 0.6) is 11.5 Å². The SMILES string of the molecule is CCCCCCN(C(=O)c1ccc([N+](=O)[O-])cc1Cl)C(C)c1nc2ccccc2c(=O)n1-c1cc(OC)cc(OC)c1Br. The second kappa shape index (κ2) is 14.0. The summed E-state index contributed by atoms with van der Waals surface area (Å²) in [4.78, 5) is 45.5. The second-order valence-corrected chi connectivity index (χ2v) is 11.1. The van der Waals surface area contributed by atoms with Crippen LogP contribution in [0, 0.1) is 10.1 Å². The minimum absolute atomic E-state index is 0.0332. The lowest BCUT2D eigenvalue weighted by Gasteiger charge is -2.31. The monoisotopic (exact) mass is 670 g/mol. The molecule has 0 radical (unpaired) electrons. The zero-order valence-corrected chi connectivity index (χ0v) is 26.6. The fourth-order valence-corrected chi connectivity index (χ4v) is 5.74. The van der Waals surface area contributed by atoms with Crippen molar-refractivity contribution in [2.75, 3.05) is 20.8 Å². The molecular formula is C31H32BrClN4O6. The molecule has 12 heteroatoms. The van der Waals surface area contributed by atoms with Crippen LogP contribution in [0.25, 0.3) is 16.6 Å². The van der Waals surface area contributed by atoms with Gasteiger partial charge < -0.3 is 14.4 Å². The molecule has 0 spiro atoms. The summed E-state index contributed by atoms with van der Waals surface area (Å²) in [5.74, 6) is 0.777.